The third-order valence-electron chi connectivity index (χ3n) is 6.29. The molecule has 1 fully saturated rings. The number of aromatic carboxylic acids is 1. The fourth-order valence-electron chi connectivity index (χ4n) is 4.57. The van der Waals surface area contributed by atoms with Crippen molar-refractivity contribution in [1.29, 1.82) is 0 Å². The molecule has 0 spiro atoms. The number of carboxylic acids is 1. The summed E-state index contributed by atoms with van der Waals surface area (Å²) in [7, 11) is 0. The minimum absolute atomic E-state index is 0.0563. The fraction of sp³-hybridized carbons (Fsp3) is 0.333. The van der Waals surface area contributed by atoms with E-state index >= 15 is 0 Å². The molecule has 1 aromatic heterocycles. The van der Waals surface area contributed by atoms with Gasteiger partial charge in [0.05, 0.1) is 10.9 Å². The van der Waals surface area contributed by atoms with Crippen molar-refractivity contribution in [2.45, 2.75) is 44.9 Å². The van der Waals surface area contributed by atoms with E-state index in [9.17, 15) is 23.5 Å². The van der Waals surface area contributed by atoms with Gasteiger partial charge in [0.25, 0.3) is 0 Å². The standard InChI is InChI=1S/C24H22F2N2O4/c1-12-18-10-14(3-2-13(18)8-9-27-12)16-6-7-17-20(22(16)32-24(25)26)28(15-4-5-15)11-19(21(17)29)23(30)31/h2-3,6-7,10-12,15,24,27H,4-5,8-9H2,1H3,(H,30,31)/t12-/m0/s1. The third-order valence-corrected chi connectivity index (χ3v) is 6.29. The highest BCUT2D eigenvalue weighted by Crippen LogP contribution is 2.43. The van der Waals surface area contributed by atoms with Crippen molar-refractivity contribution in [3.63, 3.8) is 0 Å². The van der Waals surface area contributed by atoms with Crippen LogP contribution in [0.25, 0.3) is 22.0 Å². The maximum Gasteiger partial charge on any atom is 0.387 e. The Morgan fingerprint density at radius 2 is 2.03 bits per heavy atom. The molecule has 0 unspecified atom stereocenters. The number of hydrogen-bond acceptors (Lipinski definition) is 4. The summed E-state index contributed by atoms with van der Waals surface area (Å²) >= 11 is 0. The van der Waals surface area contributed by atoms with Crippen LogP contribution in [0.4, 0.5) is 8.78 Å². The molecule has 0 radical (unpaired) electrons. The molecule has 32 heavy (non-hydrogen) atoms. The van der Waals surface area contributed by atoms with Gasteiger partial charge in [0.15, 0.2) is 5.75 Å². The van der Waals surface area contributed by atoms with Gasteiger partial charge < -0.3 is 19.7 Å². The molecule has 0 amide bonds. The number of nitrogens with one attached hydrogen (secondary N) is 1. The largest absolute Gasteiger partial charge is 0.477 e. The van der Waals surface area contributed by atoms with E-state index < -0.39 is 18.0 Å². The predicted octanol–water partition coefficient (Wildman–Crippen LogP) is 4.51. The smallest absolute Gasteiger partial charge is 0.387 e. The summed E-state index contributed by atoms with van der Waals surface area (Å²) in [6, 6.07) is 8.99. The van der Waals surface area contributed by atoms with Crippen molar-refractivity contribution in [3.8, 4) is 16.9 Å². The minimum Gasteiger partial charge on any atom is -0.477 e. The van der Waals surface area contributed by atoms with Gasteiger partial charge in [0.1, 0.15) is 5.56 Å². The average Bonchev–Trinajstić information content (AvgIpc) is 3.59. The minimum atomic E-state index is -3.10. The average molecular weight is 440 g/mol. The summed E-state index contributed by atoms with van der Waals surface area (Å²) < 4.78 is 33.7. The number of halogens is 2. The van der Waals surface area contributed by atoms with Crippen LogP contribution in [0.15, 0.2) is 41.3 Å². The van der Waals surface area contributed by atoms with Crippen LogP contribution in [0.3, 0.4) is 0 Å². The molecule has 2 N–H and O–H groups in total. The number of ether oxygens (including phenoxy) is 1. The highest BCUT2D eigenvalue weighted by atomic mass is 19.3. The number of nitrogens with zero attached hydrogens (tertiary/aromatic N) is 1. The van der Waals surface area contributed by atoms with E-state index in [0.29, 0.717) is 11.1 Å². The molecule has 6 nitrogen and oxygen atoms in total. The Labute approximate surface area is 182 Å². The second-order valence-electron chi connectivity index (χ2n) is 8.37. The highest BCUT2D eigenvalue weighted by molar-refractivity contribution is 5.97. The summed E-state index contributed by atoms with van der Waals surface area (Å²) in [6.07, 6.45) is 3.69. The lowest BCUT2D eigenvalue weighted by molar-refractivity contribution is -0.0486. The molecule has 1 aliphatic carbocycles. The number of hydrogen-bond donors (Lipinski definition) is 2. The zero-order valence-corrected chi connectivity index (χ0v) is 17.4. The number of aromatic nitrogens is 1. The number of alkyl halides is 2. The van der Waals surface area contributed by atoms with Crippen molar-refractivity contribution >= 4 is 16.9 Å². The van der Waals surface area contributed by atoms with Crippen molar-refractivity contribution in [2.24, 2.45) is 0 Å². The maximum absolute atomic E-state index is 13.5. The number of carboxylic acid groups (broad SMARTS) is 1. The van der Waals surface area contributed by atoms with Crippen LogP contribution >= 0.6 is 0 Å². The van der Waals surface area contributed by atoms with Gasteiger partial charge in [-0.2, -0.15) is 8.78 Å². The Kier molecular flexibility index (Phi) is 4.97. The lowest BCUT2D eigenvalue weighted by Crippen LogP contribution is -2.27. The number of rotatable bonds is 5. The van der Waals surface area contributed by atoms with E-state index in [4.69, 9.17) is 4.74 Å². The lowest BCUT2D eigenvalue weighted by Gasteiger charge is -2.25. The van der Waals surface area contributed by atoms with Crippen LogP contribution in [-0.2, 0) is 6.42 Å². The van der Waals surface area contributed by atoms with Crippen molar-refractivity contribution < 1.29 is 23.4 Å². The Balaban J connectivity index is 1.80. The summed E-state index contributed by atoms with van der Waals surface area (Å²) in [5.41, 5.74) is 2.57. The Morgan fingerprint density at radius 1 is 1.25 bits per heavy atom. The second-order valence-corrected chi connectivity index (χ2v) is 8.37. The Morgan fingerprint density at radius 3 is 2.72 bits per heavy atom. The topological polar surface area (TPSA) is 80.6 Å². The summed E-state index contributed by atoms with van der Waals surface area (Å²) in [5.74, 6) is -1.45. The van der Waals surface area contributed by atoms with E-state index in [-0.39, 0.29) is 34.3 Å². The van der Waals surface area contributed by atoms with E-state index in [0.717, 1.165) is 31.4 Å². The second kappa shape index (κ2) is 7.70. The van der Waals surface area contributed by atoms with Gasteiger partial charge in [-0.3, -0.25) is 4.79 Å². The Bertz CT molecular complexity index is 1300. The van der Waals surface area contributed by atoms with Crippen LogP contribution < -0.4 is 15.5 Å². The normalized spacial score (nSPS) is 18.1. The van der Waals surface area contributed by atoms with E-state index in [1.807, 2.05) is 18.2 Å². The van der Waals surface area contributed by atoms with Crippen LogP contribution in [0.1, 0.15) is 53.3 Å². The maximum atomic E-state index is 13.5. The van der Waals surface area contributed by atoms with Gasteiger partial charge in [-0.1, -0.05) is 12.1 Å². The number of fused-ring (bicyclic) bond motifs is 2. The Hall–Kier alpha value is -3.26. The van der Waals surface area contributed by atoms with E-state index in [1.54, 1.807) is 10.6 Å². The predicted molar refractivity (Wildman–Crippen MR) is 116 cm³/mol. The molecule has 166 valence electrons. The quantitative estimate of drug-likeness (QED) is 0.610. The molecule has 3 aromatic rings. The first kappa shape index (κ1) is 20.6. The van der Waals surface area contributed by atoms with Crippen molar-refractivity contribution in [2.75, 3.05) is 6.54 Å². The van der Waals surface area contributed by atoms with Gasteiger partial charge in [0, 0.05) is 23.8 Å². The lowest BCUT2D eigenvalue weighted by atomic mass is 9.91. The van der Waals surface area contributed by atoms with Crippen LogP contribution in [0, 0.1) is 0 Å². The monoisotopic (exact) mass is 440 g/mol. The molecule has 2 aliphatic rings. The molecular formula is C24H22F2N2O4. The van der Waals surface area contributed by atoms with Crippen LogP contribution in [0.2, 0.25) is 0 Å². The van der Waals surface area contributed by atoms with Gasteiger partial charge in [-0.25, -0.2) is 4.79 Å². The van der Waals surface area contributed by atoms with Crippen molar-refractivity contribution in [3.05, 3.63) is 63.4 Å². The molecule has 5 rings (SSSR count). The van der Waals surface area contributed by atoms with Crippen molar-refractivity contribution in [1.82, 2.24) is 9.88 Å². The van der Waals surface area contributed by atoms with Gasteiger partial charge >= 0.3 is 12.6 Å². The van der Waals surface area contributed by atoms with Crippen LogP contribution in [-0.4, -0.2) is 28.8 Å². The zero-order chi connectivity index (χ0) is 22.6. The molecular weight excluding hydrogens is 418 g/mol. The number of pyridine rings is 1. The van der Waals surface area contributed by atoms with E-state index in [2.05, 4.69) is 12.2 Å². The first-order valence-corrected chi connectivity index (χ1v) is 10.6. The fourth-order valence-corrected chi connectivity index (χ4v) is 4.57. The molecule has 2 heterocycles. The van der Waals surface area contributed by atoms with Gasteiger partial charge in [-0.05, 0) is 67.6 Å². The highest BCUT2D eigenvalue weighted by Gasteiger charge is 2.30. The molecule has 2 aromatic carbocycles. The summed E-state index contributed by atoms with van der Waals surface area (Å²) in [4.78, 5) is 24.4. The molecule has 0 saturated heterocycles. The van der Waals surface area contributed by atoms with E-state index in [1.165, 1.54) is 17.8 Å². The third kappa shape index (κ3) is 3.44. The number of carbonyl (C=O) groups is 1. The first-order valence-electron chi connectivity index (χ1n) is 10.6. The van der Waals surface area contributed by atoms with Gasteiger partial charge in [-0.15, -0.1) is 0 Å². The first-order chi connectivity index (χ1) is 15.3. The summed E-state index contributed by atoms with van der Waals surface area (Å²) in [6.45, 7) is -0.167. The zero-order valence-electron chi connectivity index (χ0n) is 17.4. The van der Waals surface area contributed by atoms with Crippen LogP contribution in [0.5, 0.6) is 5.75 Å². The molecule has 1 saturated carbocycles. The molecule has 8 heteroatoms. The molecule has 1 aliphatic heterocycles. The summed E-state index contributed by atoms with van der Waals surface area (Å²) in [5, 5.41) is 12.9. The number of benzene rings is 2. The van der Waals surface area contributed by atoms with Gasteiger partial charge in [0.2, 0.25) is 5.43 Å². The molecule has 1 atom stereocenters. The SMILES string of the molecule is C[C@@H]1NCCc2ccc(-c3ccc4c(=O)c(C(=O)O)cn(C5CC5)c4c3OC(F)F)cc21. The molecule has 0 bridgehead atoms.